The summed E-state index contributed by atoms with van der Waals surface area (Å²) < 4.78 is 31.3. The summed E-state index contributed by atoms with van der Waals surface area (Å²) in [5, 5.41) is 11.4. The fourth-order valence-electron chi connectivity index (χ4n) is 8.76. The maximum atomic E-state index is 14.9. The predicted octanol–water partition coefficient (Wildman–Crippen LogP) is 4.77. The van der Waals surface area contributed by atoms with Gasteiger partial charge in [0.15, 0.2) is 30.2 Å². The lowest BCUT2D eigenvalue weighted by molar-refractivity contribution is -0.176. The number of carbonyl (C=O) groups is 8. The molecule has 0 saturated carbocycles. The molecule has 0 aliphatic carbocycles. The Bertz CT molecular complexity index is 2430. The van der Waals surface area contributed by atoms with E-state index in [-0.39, 0.29) is 68.8 Å². The number of aromatic nitrogens is 4. The standard InChI is InChI=1S/C55H80N8O13/c1-32(2)25-41-52(68)73-37(10)49(65)60(12)44(28-35(7)8)55(71)76-46(30-39-21-23-40(24-22-39)72-31-47-56-57-58-63(47)15)51(67)62(14)42(26-33(3)4)53(69)74-36(9)48(64)59(11)43(27-34(5)6)54(70)75-45(50(66)61(41)13)29-38-19-17-16-18-20-38/h16-24,32-37,41-46H,25-31H2,1-15H3/t36-,37-,41+,42+,43+,44+,45-,46-/m1/s1. The molecule has 21 nitrogen and oxygen atoms in total. The summed E-state index contributed by atoms with van der Waals surface area (Å²) in [6.45, 7) is 17.5. The smallest absolute Gasteiger partial charge is 0.329 e. The molecule has 4 rings (SSSR count). The van der Waals surface area contributed by atoms with Crippen molar-refractivity contribution >= 4 is 47.5 Å². The number of rotatable bonds is 15. The maximum Gasteiger partial charge on any atom is 0.329 e. The van der Waals surface area contributed by atoms with Crippen molar-refractivity contribution in [2.75, 3.05) is 28.2 Å². The van der Waals surface area contributed by atoms with Crippen molar-refractivity contribution in [3.8, 4) is 5.75 Å². The molecule has 1 aliphatic heterocycles. The summed E-state index contributed by atoms with van der Waals surface area (Å²) in [6, 6.07) is 10.4. The zero-order valence-corrected chi connectivity index (χ0v) is 47.0. The molecular formula is C55H80N8O13. The molecule has 2 heterocycles. The second-order valence-corrected chi connectivity index (χ2v) is 21.4. The molecule has 21 heteroatoms. The van der Waals surface area contributed by atoms with Gasteiger partial charge in [0.25, 0.3) is 23.6 Å². The third-order valence-corrected chi connectivity index (χ3v) is 13.2. The number of hydrogen-bond donors (Lipinski definition) is 0. The first-order valence-corrected chi connectivity index (χ1v) is 26.1. The Labute approximate surface area is 447 Å². The van der Waals surface area contributed by atoms with E-state index < -0.39 is 96.1 Å². The van der Waals surface area contributed by atoms with Gasteiger partial charge in [0.1, 0.15) is 36.5 Å². The van der Waals surface area contributed by atoms with Gasteiger partial charge in [-0.2, -0.15) is 0 Å². The molecule has 0 spiro atoms. The van der Waals surface area contributed by atoms with Crippen LogP contribution in [-0.2, 0) is 83.8 Å². The van der Waals surface area contributed by atoms with Gasteiger partial charge in [0.05, 0.1) is 0 Å². The van der Waals surface area contributed by atoms with Gasteiger partial charge < -0.3 is 43.3 Å². The highest BCUT2D eigenvalue weighted by Gasteiger charge is 2.43. The Kier molecular flexibility index (Phi) is 22.9. The average molecular weight is 1060 g/mol. The van der Waals surface area contributed by atoms with Crippen LogP contribution in [0.3, 0.4) is 0 Å². The van der Waals surface area contributed by atoms with Gasteiger partial charge in [-0.1, -0.05) is 97.9 Å². The summed E-state index contributed by atoms with van der Waals surface area (Å²) in [4.78, 5) is 121. The maximum absolute atomic E-state index is 14.9. The third kappa shape index (κ3) is 17.3. The zero-order chi connectivity index (χ0) is 56.7. The van der Waals surface area contributed by atoms with E-state index >= 15 is 0 Å². The number of hydrogen-bond acceptors (Lipinski definition) is 16. The van der Waals surface area contributed by atoms with Crippen LogP contribution in [-0.4, -0.2) is 164 Å². The number of ether oxygens (including phenoxy) is 5. The molecule has 1 aromatic heterocycles. The molecule has 76 heavy (non-hydrogen) atoms. The van der Waals surface area contributed by atoms with Crippen LogP contribution < -0.4 is 4.74 Å². The topological polar surface area (TPSA) is 239 Å². The summed E-state index contributed by atoms with van der Waals surface area (Å²) in [6.07, 6.45) is -5.98. The molecule has 418 valence electrons. The molecule has 2 aromatic carbocycles. The summed E-state index contributed by atoms with van der Waals surface area (Å²) >= 11 is 0. The van der Waals surface area contributed by atoms with E-state index in [4.69, 9.17) is 23.7 Å². The van der Waals surface area contributed by atoms with Crippen molar-refractivity contribution in [3.05, 3.63) is 71.5 Å². The van der Waals surface area contributed by atoms with Crippen molar-refractivity contribution in [1.29, 1.82) is 0 Å². The minimum absolute atomic E-state index is 0.0669. The molecule has 1 saturated heterocycles. The number of benzene rings is 2. The summed E-state index contributed by atoms with van der Waals surface area (Å²) in [7, 11) is 7.19. The molecule has 0 bridgehead atoms. The minimum atomic E-state index is -1.57. The quantitative estimate of drug-likeness (QED) is 0.147. The van der Waals surface area contributed by atoms with Crippen LogP contribution in [0.15, 0.2) is 54.6 Å². The molecular weight excluding hydrogens is 981 g/mol. The Morgan fingerprint density at radius 2 is 0.816 bits per heavy atom. The Hall–Kier alpha value is -6.93. The van der Waals surface area contributed by atoms with Gasteiger partial charge in [-0.05, 0) is 96.9 Å². The second kappa shape index (κ2) is 28.3. The highest BCUT2D eigenvalue weighted by molar-refractivity contribution is 5.94. The monoisotopic (exact) mass is 1060 g/mol. The first-order chi connectivity index (χ1) is 35.7. The molecule has 1 fully saturated rings. The second-order valence-electron chi connectivity index (χ2n) is 21.4. The Morgan fingerprint density at radius 1 is 0.474 bits per heavy atom. The molecule has 4 amide bonds. The molecule has 8 atom stereocenters. The number of likely N-dealkylation sites (N-methyl/N-ethyl adjacent to an activating group) is 4. The number of esters is 4. The van der Waals surface area contributed by atoms with E-state index in [1.807, 2.05) is 55.4 Å². The van der Waals surface area contributed by atoms with Crippen LogP contribution in [0, 0.1) is 23.7 Å². The van der Waals surface area contributed by atoms with Gasteiger partial charge in [0.2, 0.25) is 0 Å². The van der Waals surface area contributed by atoms with E-state index in [2.05, 4.69) is 15.5 Å². The van der Waals surface area contributed by atoms with Crippen LogP contribution in [0.5, 0.6) is 5.75 Å². The number of tetrazole rings is 1. The normalized spacial score (nSPS) is 23.8. The fraction of sp³-hybridized carbons (Fsp3) is 0.618. The van der Waals surface area contributed by atoms with E-state index in [1.165, 1.54) is 46.7 Å². The number of nitrogens with zero attached hydrogens (tertiary/aromatic N) is 8. The predicted molar refractivity (Wildman–Crippen MR) is 278 cm³/mol. The van der Waals surface area contributed by atoms with Crippen LogP contribution >= 0.6 is 0 Å². The number of amides is 4. The molecule has 0 N–H and O–H groups in total. The van der Waals surface area contributed by atoms with E-state index in [0.717, 1.165) is 19.6 Å². The van der Waals surface area contributed by atoms with Crippen molar-refractivity contribution in [3.63, 3.8) is 0 Å². The summed E-state index contributed by atoms with van der Waals surface area (Å²) in [5.74, 6) is -6.55. The van der Waals surface area contributed by atoms with Gasteiger partial charge in [-0.25, -0.2) is 23.9 Å². The number of aryl methyl sites for hydroxylation is 1. The largest absolute Gasteiger partial charge is 0.486 e. The highest BCUT2D eigenvalue weighted by atomic mass is 16.6. The van der Waals surface area contributed by atoms with Crippen LogP contribution in [0.25, 0.3) is 0 Å². The first-order valence-electron chi connectivity index (χ1n) is 26.1. The fourth-order valence-corrected chi connectivity index (χ4v) is 8.76. The number of carbonyl (C=O) groups excluding carboxylic acids is 8. The van der Waals surface area contributed by atoms with Crippen LogP contribution in [0.4, 0.5) is 0 Å². The lowest BCUT2D eigenvalue weighted by Crippen LogP contribution is -2.55. The van der Waals surface area contributed by atoms with Crippen LogP contribution in [0.2, 0.25) is 0 Å². The van der Waals surface area contributed by atoms with Gasteiger partial charge in [-0.3, -0.25) is 19.2 Å². The highest BCUT2D eigenvalue weighted by Crippen LogP contribution is 2.25. The van der Waals surface area contributed by atoms with Gasteiger partial charge >= 0.3 is 23.9 Å². The Balaban J connectivity index is 1.84. The zero-order valence-electron chi connectivity index (χ0n) is 47.0. The molecule has 0 radical (unpaired) electrons. The van der Waals surface area contributed by atoms with Crippen molar-refractivity contribution in [2.45, 2.75) is 163 Å². The van der Waals surface area contributed by atoms with E-state index in [1.54, 1.807) is 61.6 Å². The average Bonchev–Trinajstić information content (AvgIpc) is 3.78. The Morgan fingerprint density at radius 3 is 1.16 bits per heavy atom. The minimum Gasteiger partial charge on any atom is -0.486 e. The van der Waals surface area contributed by atoms with Gasteiger partial charge in [-0.15, -0.1) is 5.10 Å². The van der Waals surface area contributed by atoms with Crippen molar-refractivity contribution < 1.29 is 62.0 Å². The molecule has 3 aromatic rings. The molecule has 1 aliphatic rings. The van der Waals surface area contributed by atoms with Crippen molar-refractivity contribution in [1.82, 2.24) is 39.8 Å². The van der Waals surface area contributed by atoms with Crippen molar-refractivity contribution in [2.24, 2.45) is 30.7 Å². The molecule has 0 unspecified atom stereocenters. The number of cyclic esters (lactones) is 4. The van der Waals surface area contributed by atoms with E-state index in [0.29, 0.717) is 22.7 Å². The third-order valence-electron chi connectivity index (χ3n) is 13.2. The SMILES string of the molecule is CC(C)C[C@H]1C(=O)O[C@H](Cc2ccc(OCc3nnnn3C)cc2)C(=O)N(C)[C@@H](CC(C)C)C(=O)O[C@H](C)C(=O)N(C)[C@@H](CC(C)C)C(=O)O[C@H](Cc2ccccc2)C(=O)N(C)[C@@H](CC(C)C)C(=O)O[C@H](C)C(=O)N1C. The lowest BCUT2D eigenvalue weighted by atomic mass is 10.00. The first kappa shape index (κ1) is 61.6. The lowest BCUT2D eigenvalue weighted by Gasteiger charge is -2.35. The summed E-state index contributed by atoms with van der Waals surface area (Å²) in [5.41, 5.74) is 1.18. The van der Waals surface area contributed by atoms with E-state index in [9.17, 15) is 38.4 Å². The van der Waals surface area contributed by atoms with Gasteiger partial charge in [0, 0.05) is 48.1 Å². The van der Waals surface area contributed by atoms with Crippen LogP contribution in [0.1, 0.15) is 112 Å².